The third-order valence-corrected chi connectivity index (χ3v) is 4.37. The molecule has 4 rings (SSSR count). The summed E-state index contributed by atoms with van der Waals surface area (Å²) in [6.45, 7) is 0.388. The van der Waals surface area contributed by atoms with Crippen LogP contribution in [0, 0.1) is 5.82 Å². The zero-order valence-electron chi connectivity index (χ0n) is 14.1. The Kier molecular flexibility index (Phi) is 4.12. The SMILES string of the molecule is COc1cccc(-c2nc(C3CC(=O)N(c4cccc(F)c4)C3)no2)c1. The second kappa shape index (κ2) is 6.59. The molecule has 132 valence electrons. The molecular weight excluding hydrogens is 337 g/mol. The smallest absolute Gasteiger partial charge is 0.258 e. The van der Waals surface area contributed by atoms with E-state index in [-0.39, 0.29) is 24.1 Å². The third-order valence-electron chi connectivity index (χ3n) is 4.37. The summed E-state index contributed by atoms with van der Waals surface area (Å²) in [7, 11) is 1.59. The molecule has 0 bridgehead atoms. The van der Waals surface area contributed by atoms with Crippen LogP contribution in [0.15, 0.2) is 53.1 Å². The van der Waals surface area contributed by atoms with Crippen LogP contribution in [0.1, 0.15) is 18.2 Å². The first-order valence-electron chi connectivity index (χ1n) is 8.18. The number of aromatic nitrogens is 2. The summed E-state index contributed by atoms with van der Waals surface area (Å²) in [5, 5.41) is 4.03. The molecule has 7 heteroatoms. The quantitative estimate of drug-likeness (QED) is 0.719. The number of ether oxygens (including phenoxy) is 1. The van der Waals surface area contributed by atoms with Gasteiger partial charge in [-0.25, -0.2) is 4.39 Å². The van der Waals surface area contributed by atoms with Crippen LogP contribution in [-0.4, -0.2) is 29.7 Å². The standard InChI is InChI=1S/C19H16FN3O3/c1-25-16-7-2-4-12(8-16)19-21-18(22-26-19)13-9-17(24)23(11-13)15-6-3-5-14(20)10-15/h2-8,10,13H,9,11H2,1H3. The van der Waals surface area contributed by atoms with Crippen molar-refractivity contribution in [2.24, 2.45) is 0 Å². The number of rotatable bonds is 4. The summed E-state index contributed by atoms with van der Waals surface area (Å²) in [5.41, 5.74) is 1.28. The van der Waals surface area contributed by atoms with Gasteiger partial charge in [-0.15, -0.1) is 0 Å². The fourth-order valence-electron chi connectivity index (χ4n) is 3.05. The molecule has 1 atom stereocenters. The van der Waals surface area contributed by atoms with Gasteiger partial charge in [0.15, 0.2) is 5.82 Å². The van der Waals surface area contributed by atoms with Crippen molar-refractivity contribution in [3.05, 3.63) is 60.2 Å². The zero-order chi connectivity index (χ0) is 18.1. The summed E-state index contributed by atoms with van der Waals surface area (Å²) >= 11 is 0. The Morgan fingerprint density at radius 2 is 2.08 bits per heavy atom. The van der Waals surface area contributed by atoms with Crippen molar-refractivity contribution in [3.63, 3.8) is 0 Å². The van der Waals surface area contributed by atoms with Gasteiger partial charge in [0.2, 0.25) is 5.91 Å². The van der Waals surface area contributed by atoms with Gasteiger partial charge in [-0.05, 0) is 36.4 Å². The molecule has 0 radical (unpaired) electrons. The summed E-state index contributed by atoms with van der Waals surface area (Å²) in [6, 6.07) is 13.3. The lowest BCUT2D eigenvalue weighted by Gasteiger charge is -2.15. The van der Waals surface area contributed by atoms with E-state index in [1.54, 1.807) is 30.2 Å². The maximum absolute atomic E-state index is 13.4. The second-order valence-corrected chi connectivity index (χ2v) is 6.07. The minimum atomic E-state index is -0.376. The summed E-state index contributed by atoms with van der Waals surface area (Å²) in [5.74, 6) is 0.863. The van der Waals surface area contributed by atoms with Crippen LogP contribution in [0.4, 0.5) is 10.1 Å². The molecule has 0 aliphatic carbocycles. The number of carbonyl (C=O) groups is 1. The lowest BCUT2D eigenvalue weighted by Crippen LogP contribution is -2.24. The minimum absolute atomic E-state index is 0.0895. The van der Waals surface area contributed by atoms with Gasteiger partial charge >= 0.3 is 0 Å². The molecule has 3 aromatic rings. The van der Waals surface area contributed by atoms with E-state index in [4.69, 9.17) is 9.26 Å². The van der Waals surface area contributed by atoms with Crippen molar-refractivity contribution in [1.82, 2.24) is 10.1 Å². The maximum atomic E-state index is 13.4. The van der Waals surface area contributed by atoms with Gasteiger partial charge in [-0.2, -0.15) is 4.98 Å². The van der Waals surface area contributed by atoms with E-state index in [9.17, 15) is 9.18 Å². The highest BCUT2D eigenvalue weighted by Gasteiger charge is 2.34. The Labute approximate surface area is 149 Å². The first-order chi connectivity index (χ1) is 12.6. The number of amides is 1. The van der Waals surface area contributed by atoms with Crippen molar-refractivity contribution >= 4 is 11.6 Å². The maximum Gasteiger partial charge on any atom is 0.258 e. The summed E-state index contributed by atoms with van der Waals surface area (Å²) in [4.78, 5) is 18.3. The zero-order valence-corrected chi connectivity index (χ0v) is 14.1. The van der Waals surface area contributed by atoms with Crippen LogP contribution in [-0.2, 0) is 4.79 Å². The minimum Gasteiger partial charge on any atom is -0.497 e. The highest BCUT2D eigenvalue weighted by molar-refractivity contribution is 5.96. The van der Waals surface area contributed by atoms with Crippen molar-refractivity contribution in [3.8, 4) is 17.2 Å². The fraction of sp³-hybridized carbons (Fsp3) is 0.211. The van der Waals surface area contributed by atoms with E-state index >= 15 is 0 Å². The molecule has 6 nitrogen and oxygen atoms in total. The van der Waals surface area contributed by atoms with Gasteiger partial charge in [0.1, 0.15) is 11.6 Å². The lowest BCUT2D eigenvalue weighted by molar-refractivity contribution is -0.117. The molecule has 1 saturated heterocycles. The average Bonchev–Trinajstić information content (AvgIpc) is 3.28. The molecule has 0 saturated carbocycles. The van der Waals surface area contributed by atoms with Crippen molar-refractivity contribution in [2.75, 3.05) is 18.6 Å². The molecule has 1 aliphatic heterocycles. The van der Waals surface area contributed by atoms with Crippen LogP contribution in [0.25, 0.3) is 11.5 Å². The molecule has 2 heterocycles. The van der Waals surface area contributed by atoms with Crippen molar-refractivity contribution < 1.29 is 18.4 Å². The van der Waals surface area contributed by atoms with Crippen LogP contribution in [0.5, 0.6) is 5.75 Å². The predicted octanol–water partition coefficient (Wildman–Crippen LogP) is 3.40. The molecule has 0 spiro atoms. The fourth-order valence-corrected chi connectivity index (χ4v) is 3.05. The highest BCUT2D eigenvalue weighted by Crippen LogP contribution is 2.32. The largest absolute Gasteiger partial charge is 0.497 e. The van der Waals surface area contributed by atoms with Crippen molar-refractivity contribution in [1.29, 1.82) is 0 Å². The lowest BCUT2D eigenvalue weighted by atomic mass is 10.1. The van der Waals surface area contributed by atoms with E-state index < -0.39 is 0 Å². The normalized spacial score (nSPS) is 16.9. The molecule has 1 unspecified atom stereocenters. The van der Waals surface area contributed by atoms with Gasteiger partial charge in [-0.1, -0.05) is 17.3 Å². The Hall–Kier alpha value is -3.22. The van der Waals surface area contributed by atoms with E-state index in [2.05, 4.69) is 10.1 Å². The average molecular weight is 353 g/mol. The molecule has 2 aromatic carbocycles. The number of nitrogens with zero attached hydrogens (tertiary/aromatic N) is 3. The van der Waals surface area contributed by atoms with E-state index in [0.29, 0.717) is 29.7 Å². The van der Waals surface area contributed by atoms with Gasteiger partial charge in [0.25, 0.3) is 5.89 Å². The first-order valence-corrected chi connectivity index (χ1v) is 8.18. The van der Waals surface area contributed by atoms with E-state index in [1.165, 1.54) is 12.1 Å². The number of methoxy groups -OCH3 is 1. The van der Waals surface area contributed by atoms with Gasteiger partial charge < -0.3 is 14.2 Å². The third kappa shape index (κ3) is 3.03. The Morgan fingerprint density at radius 1 is 1.23 bits per heavy atom. The number of anilines is 1. The molecule has 1 aliphatic rings. The Morgan fingerprint density at radius 3 is 2.88 bits per heavy atom. The van der Waals surface area contributed by atoms with Gasteiger partial charge in [0.05, 0.1) is 7.11 Å². The first kappa shape index (κ1) is 16.3. The van der Waals surface area contributed by atoms with Crippen LogP contribution in [0.3, 0.4) is 0 Å². The molecule has 0 N–H and O–H groups in total. The molecule has 26 heavy (non-hydrogen) atoms. The molecule has 1 amide bonds. The second-order valence-electron chi connectivity index (χ2n) is 6.07. The molecule has 1 aromatic heterocycles. The van der Waals surface area contributed by atoms with Crippen LogP contribution < -0.4 is 9.64 Å². The Bertz CT molecular complexity index is 956. The molecular formula is C19H16FN3O3. The number of carbonyl (C=O) groups excluding carboxylic acids is 1. The van der Waals surface area contributed by atoms with Crippen molar-refractivity contribution in [2.45, 2.75) is 12.3 Å². The number of hydrogen-bond acceptors (Lipinski definition) is 5. The van der Waals surface area contributed by atoms with E-state index in [1.807, 2.05) is 18.2 Å². The highest BCUT2D eigenvalue weighted by atomic mass is 19.1. The summed E-state index contributed by atoms with van der Waals surface area (Å²) in [6.07, 6.45) is 0.258. The topological polar surface area (TPSA) is 68.5 Å². The van der Waals surface area contributed by atoms with Gasteiger partial charge in [0, 0.05) is 30.1 Å². The predicted molar refractivity (Wildman–Crippen MR) is 92.4 cm³/mol. The van der Waals surface area contributed by atoms with E-state index in [0.717, 1.165) is 5.56 Å². The summed E-state index contributed by atoms with van der Waals surface area (Å²) < 4.78 is 24.0. The molecule has 1 fully saturated rings. The number of halogens is 1. The van der Waals surface area contributed by atoms with Gasteiger partial charge in [-0.3, -0.25) is 4.79 Å². The van der Waals surface area contributed by atoms with Crippen LogP contribution >= 0.6 is 0 Å². The monoisotopic (exact) mass is 353 g/mol. The number of hydrogen-bond donors (Lipinski definition) is 0. The van der Waals surface area contributed by atoms with Crippen LogP contribution in [0.2, 0.25) is 0 Å². The Balaban J connectivity index is 1.56. The number of benzene rings is 2.